The molecule has 0 fully saturated rings. The molecule has 0 saturated carbocycles. The van der Waals surface area contributed by atoms with Crippen molar-refractivity contribution in [3.8, 4) is 6.07 Å². The Hall–Kier alpha value is -2.71. The zero-order valence-electron chi connectivity index (χ0n) is 11.3. The molecule has 0 N–H and O–H groups in total. The summed E-state index contributed by atoms with van der Waals surface area (Å²) in [6, 6.07) is 16.6. The Kier molecular flexibility index (Phi) is 3.39. The number of halogens is 1. The highest BCUT2D eigenvalue weighted by Crippen LogP contribution is 2.26. The molecule has 0 aromatic heterocycles. The van der Waals surface area contributed by atoms with Gasteiger partial charge in [0.15, 0.2) is 0 Å². The van der Waals surface area contributed by atoms with Crippen molar-refractivity contribution >= 4 is 20.6 Å². The monoisotopic (exact) mass is 311 g/mol. The highest BCUT2D eigenvalue weighted by atomic mass is 32.2. The minimum absolute atomic E-state index is 0.0701. The van der Waals surface area contributed by atoms with Gasteiger partial charge in [-0.25, -0.2) is 12.8 Å². The molecule has 0 radical (unpaired) electrons. The van der Waals surface area contributed by atoms with Crippen molar-refractivity contribution in [1.29, 1.82) is 5.26 Å². The van der Waals surface area contributed by atoms with Gasteiger partial charge in [-0.3, -0.25) is 0 Å². The average Bonchev–Trinajstić information content (AvgIpc) is 2.53. The fourth-order valence-electron chi connectivity index (χ4n) is 2.30. The van der Waals surface area contributed by atoms with Crippen LogP contribution < -0.4 is 0 Å². The quantitative estimate of drug-likeness (QED) is 0.725. The lowest BCUT2D eigenvalue weighted by Crippen LogP contribution is -2.02. The van der Waals surface area contributed by atoms with Gasteiger partial charge < -0.3 is 0 Å². The van der Waals surface area contributed by atoms with Crippen LogP contribution >= 0.6 is 0 Å². The first-order valence-electron chi connectivity index (χ1n) is 6.46. The second-order valence-corrected chi connectivity index (χ2v) is 6.71. The number of benzene rings is 3. The molecule has 0 bridgehead atoms. The number of hydrogen-bond acceptors (Lipinski definition) is 3. The minimum Gasteiger partial charge on any atom is -0.219 e. The molecule has 22 heavy (non-hydrogen) atoms. The zero-order valence-corrected chi connectivity index (χ0v) is 12.1. The van der Waals surface area contributed by atoms with Crippen LogP contribution in [0.15, 0.2) is 70.5 Å². The molecule has 0 amide bonds. The minimum atomic E-state index is -3.80. The SMILES string of the molecule is N#Cc1cccc2cc(S(=O)(=O)c3cccc(F)c3)ccc12. The lowest BCUT2D eigenvalue weighted by molar-refractivity contribution is 0.591. The third-order valence-corrected chi connectivity index (χ3v) is 5.14. The number of sulfone groups is 1. The van der Waals surface area contributed by atoms with Gasteiger partial charge in [0.1, 0.15) is 5.82 Å². The Morgan fingerprint density at radius 2 is 1.64 bits per heavy atom. The first kappa shape index (κ1) is 14.2. The summed E-state index contributed by atoms with van der Waals surface area (Å²) in [5, 5.41) is 10.4. The number of hydrogen-bond donors (Lipinski definition) is 0. The van der Waals surface area contributed by atoms with Crippen molar-refractivity contribution in [2.45, 2.75) is 9.79 Å². The fraction of sp³-hybridized carbons (Fsp3) is 0. The van der Waals surface area contributed by atoms with E-state index < -0.39 is 15.7 Å². The van der Waals surface area contributed by atoms with Crippen LogP contribution in [0.25, 0.3) is 10.8 Å². The molecule has 3 aromatic rings. The van der Waals surface area contributed by atoms with Crippen LogP contribution in [0.3, 0.4) is 0 Å². The topological polar surface area (TPSA) is 57.9 Å². The Morgan fingerprint density at radius 3 is 2.36 bits per heavy atom. The second-order valence-electron chi connectivity index (χ2n) is 4.76. The van der Waals surface area contributed by atoms with Crippen molar-refractivity contribution < 1.29 is 12.8 Å². The first-order chi connectivity index (χ1) is 10.5. The summed E-state index contributed by atoms with van der Waals surface area (Å²) in [5.74, 6) is -0.603. The summed E-state index contributed by atoms with van der Waals surface area (Å²) < 4.78 is 38.4. The van der Waals surface area contributed by atoms with E-state index >= 15 is 0 Å². The lowest BCUT2D eigenvalue weighted by Gasteiger charge is -2.07. The van der Waals surface area contributed by atoms with Crippen LogP contribution in [0.1, 0.15) is 5.56 Å². The van der Waals surface area contributed by atoms with E-state index in [1.54, 1.807) is 24.3 Å². The van der Waals surface area contributed by atoms with Gasteiger partial charge in [-0.05, 0) is 47.2 Å². The lowest BCUT2D eigenvalue weighted by atomic mass is 10.1. The van der Waals surface area contributed by atoms with Crippen molar-refractivity contribution in [2.75, 3.05) is 0 Å². The van der Waals surface area contributed by atoms with Gasteiger partial charge in [0.25, 0.3) is 0 Å². The van der Waals surface area contributed by atoms with Gasteiger partial charge in [0.05, 0.1) is 21.4 Å². The summed E-state index contributed by atoms with van der Waals surface area (Å²) in [5.41, 5.74) is 0.479. The predicted molar refractivity (Wildman–Crippen MR) is 80.5 cm³/mol. The van der Waals surface area contributed by atoms with Crippen LogP contribution in [0, 0.1) is 17.1 Å². The van der Waals surface area contributed by atoms with E-state index in [-0.39, 0.29) is 9.79 Å². The van der Waals surface area contributed by atoms with E-state index in [0.717, 1.165) is 6.07 Å². The molecule has 0 saturated heterocycles. The maximum Gasteiger partial charge on any atom is 0.206 e. The average molecular weight is 311 g/mol. The van der Waals surface area contributed by atoms with E-state index in [9.17, 15) is 12.8 Å². The van der Waals surface area contributed by atoms with Gasteiger partial charge >= 0.3 is 0 Å². The molecule has 5 heteroatoms. The van der Waals surface area contributed by atoms with Gasteiger partial charge in [0, 0.05) is 0 Å². The molecule has 3 nitrogen and oxygen atoms in total. The summed E-state index contributed by atoms with van der Waals surface area (Å²) in [7, 11) is -3.80. The number of nitriles is 1. The molecule has 3 aromatic carbocycles. The molecular weight excluding hydrogens is 301 g/mol. The summed E-state index contributed by atoms with van der Waals surface area (Å²) in [6.07, 6.45) is 0. The summed E-state index contributed by atoms with van der Waals surface area (Å²) in [6.45, 7) is 0. The van der Waals surface area contributed by atoms with Gasteiger partial charge in [0.2, 0.25) is 9.84 Å². The smallest absolute Gasteiger partial charge is 0.206 e. The summed E-state index contributed by atoms with van der Waals surface area (Å²) >= 11 is 0. The third-order valence-electron chi connectivity index (χ3n) is 3.39. The van der Waals surface area contributed by atoms with Crippen LogP contribution in [-0.2, 0) is 9.84 Å². The zero-order chi connectivity index (χ0) is 15.7. The Balaban J connectivity index is 2.20. The molecule has 0 aliphatic carbocycles. The van der Waals surface area contributed by atoms with Crippen LogP contribution in [-0.4, -0.2) is 8.42 Å². The van der Waals surface area contributed by atoms with Crippen molar-refractivity contribution in [3.63, 3.8) is 0 Å². The van der Waals surface area contributed by atoms with Crippen LogP contribution in [0.2, 0.25) is 0 Å². The molecular formula is C17H10FNO2S. The van der Waals surface area contributed by atoms with E-state index in [2.05, 4.69) is 6.07 Å². The Morgan fingerprint density at radius 1 is 0.909 bits per heavy atom. The van der Waals surface area contributed by atoms with Crippen molar-refractivity contribution in [1.82, 2.24) is 0 Å². The maximum atomic E-state index is 13.3. The molecule has 0 atom stereocenters. The maximum absolute atomic E-state index is 13.3. The van der Waals surface area contributed by atoms with Crippen LogP contribution in [0.5, 0.6) is 0 Å². The molecule has 0 aliphatic heterocycles. The molecule has 0 unspecified atom stereocenters. The largest absolute Gasteiger partial charge is 0.219 e. The van der Waals surface area contributed by atoms with E-state index in [1.807, 2.05) is 0 Å². The summed E-state index contributed by atoms with van der Waals surface area (Å²) in [4.78, 5) is -0.0241. The van der Waals surface area contributed by atoms with Crippen LogP contribution in [0.4, 0.5) is 4.39 Å². The molecule has 0 spiro atoms. The van der Waals surface area contributed by atoms with Crippen molar-refractivity contribution in [3.05, 3.63) is 72.0 Å². The standard InChI is InChI=1S/C17H10FNO2S/c18-14-5-2-6-15(10-14)22(20,21)16-7-8-17-12(9-16)3-1-4-13(17)11-19/h1-10H. The number of fused-ring (bicyclic) bond motifs is 1. The van der Waals surface area contributed by atoms with Gasteiger partial charge in [-0.15, -0.1) is 0 Å². The molecule has 3 rings (SSSR count). The molecule has 108 valence electrons. The highest BCUT2D eigenvalue weighted by molar-refractivity contribution is 7.91. The highest BCUT2D eigenvalue weighted by Gasteiger charge is 2.18. The van der Waals surface area contributed by atoms with Gasteiger partial charge in [-0.1, -0.05) is 24.3 Å². The van der Waals surface area contributed by atoms with E-state index in [0.29, 0.717) is 16.3 Å². The first-order valence-corrected chi connectivity index (χ1v) is 7.94. The fourth-order valence-corrected chi connectivity index (χ4v) is 3.62. The number of rotatable bonds is 2. The second kappa shape index (κ2) is 5.24. The normalized spacial score (nSPS) is 11.3. The van der Waals surface area contributed by atoms with Crippen molar-refractivity contribution in [2.24, 2.45) is 0 Å². The molecule has 0 heterocycles. The van der Waals surface area contributed by atoms with Gasteiger partial charge in [-0.2, -0.15) is 5.26 Å². The number of nitrogens with zero attached hydrogens (tertiary/aromatic N) is 1. The predicted octanol–water partition coefficient (Wildman–Crippen LogP) is 3.68. The Bertz CT molecular complexity index is 1020. The van der Waals surface area contributed by atoms with E-state index in [1.165, 1.54) is 30.3 Å². The van der Waals surface area contributed by atoms with E-state index in [4.69, 9.17) is 5.26 Å². The third kappa shape index (κ3) is 2.34. The molecule has 0 aliphatic rings. The Labute approximate surface area is 127 Å².